The normalized spacial score (nSPS) is 13.1. The monoisotopic (exact) mass is 350 g/mol. The average Bonchev–Trinajstić information content (AvgIpc) is 2.38. The van der Waals surface area contributed by atoms with E-state index >= 15 is 0 Å². The highest BCUT2D eigenvalue weighted by Crippen LogP contribution is 1.86. The van der Waals surface area contributed by atoms with Crippen LogP contribution in [0, 0.1) is 0 Å². The Bertz CT molecular complexity index is 43.5. The molecule has 2 radical (unpaired) electrons. The Labute approximate surface area is 116 Å². The molecule has 0 aliphatic heterocycles. The smallest absolute Gasteiger partial charge is 0.0996 e. The van der Waals surface area contributed by atoms with Gasteiger partial charge in [0.25, 0.3) is 0 Å². The summed E-state index contributed by atoms with van der Waals surface area (Å²) in [6.07, 6.45) is 0. The number of hydrogen-bond donors (Lipinski definition) is 0. The van der Waals surface area contributed by atoms with Crippen LogP contribution < -0.4 is 0 Å². The predicted octanol–water partition coefficient (Wildman–Crippen LogP) is 2.55. The van der Waals surface area contributed by atoms with Gasteiger partial charge < -0.3 is 0 Å². The Morgan fingerprint density at radius 2 is 1.33 bits per heavy atom. The topological polar surface area (TPSA) is 0 Å². The Hall–Kier alpha value is 3.93. The fourth-order valence-corrected chi connectivity index (χ4v) is 0. The van der Waals surface area contributed by atoms with E-state index in [1.807, 2.05) is 6.66 Å². The van der Waals surface area contributed by atoms with Crippen molar-refractivity contribution in [1.29, 1.82) is 10.2 Å². The fourth-order valence-electron chi connectivity index (χ4n) is 0. The van der Waals surface area contributed by atoms with Crippen molar-refractivity contribution in [2.24, 2.45) is 0 Å². The van der Waals surface area contributed by atoms with Gasteiger partial charge in [0.15, 0.2) is 0 Å². The van der Waals surface area contributed by atoms with Crippen molar-refractivity contribution < 1.29 is 0 Å². The van der Waals surface area contributed by atoms with Gasteiger partial charge in [0.05, 0.1) is 16.5 Å². The Morgan fingerprint density at radius 1 is 1.33 bits per heavy atom. The minimum atomic E-state index is -0.417. The molecule has 8 atom stereocenters. The Kier molecular flexibility index (Phi) is 218. The molecule has 12 heavy (non-hydrogen) atoms. The van der Waals surface area contributed by atoms with Crippen molar-refractivity contribution in [2.75, 3.05) is 6.66 Å². The van der Waals surface area contributed by atoms with Gasteiger partial charge in [0.1, 0.15) is 0 Å². The summed E-state index contributed by atoms with van der Waals surface area (Å²) in [6, 6.07) is 0. The molecular weight excluding hydrogens is 314 g/mol. The maximum Gasteiger partial charge on any atom is 0.0996 e. The van der Waals surface area contributed by atoms with Crippen LogP contribution in [0.1, 0.15) is 7.43 Å². The summed E-state index contributed by atoms with van der Waals surface area (Å²) >= 11 is 0. The molecule has 0 aromatic heterocycles. The van der Waals surface area contributed by atoms with Crippen LogP contribution in [0.5, 0.6) is 0 Å². The first-order valence-corrected chi connectivity index (χ1v) is 7.56. The van der Waals surface area contributed by atoms with Crippen LogP contribution >= 0.6 is 83.3 Å². The first kappa shape index (κ1) is 14.0. The minimum Gasteiger partial charge on any atom is -0.187 e. The van der Waals surface area contributed by atoms with Crippen LogP contribution in [0.25, 0.3) is 0 Å². The molecule has 0 amide bonds. The van der Waals surface area contributed by atoms with Crippen molar-refractivity contribution in [1.82, 2.24) is 0 Å². The molecule has 0 bridgehead atoms. The van der Waals surface area contributed by atoms with E-state index in [-0.39, 0.29) is 34.2 Å². The van der Waals surface area contributed by atoms with Gasteiger partial charge in [-0.05, 0) is 0 Å². The molecule has 0 heterocycles. The highest BCUT2D eigenvalue weighted by Gasteiger charge is 0.967. The van der Waals surface area contributed by atoms with E-state index in [1.54, 1.807) is 19.7 Å². The molecule has 0 saturated carbocycles. The number of rotatable bonds is 0. The van der Waals surface area contributed by atoms with Crippen LogP contribution in [-0.2, 0) is 0 Å². The van der Waals surface area contributed by atoms with Crippen molar-refractivity contribution in [2.45, 2.75) is 7.43 Å². The van der Waals surface area contributed by atoms with Gasteiger partial charge in [-0.1, -0.05) is 14.1 Å². The second kappa shape index (κ2) is 187. The lowest BCUT2D eigenvalue weighted by Gasteiger charge is -1.12. The second-order valence-electron chi connectivity index (χ2n) is 0. The van der Waals surface area contributed by atoms with E-state index in [4.69, 9.17) is 10.2 Å². The summed E-state index contributed by atoms with van der Waals surface area (Å²) in [6.45, 7) is 1.82. The number of hydrogen-bond acceptors (Lipinski definition) is 0. The molecule has 0 rings (SSSR count). The van der Waals surface area contributed by atoms with E-state index in [0.29, 0.717) is 9.18 Å². The lowest BCUT2D eigenvalue weighted by molar-refractivity contribution is 2.50. The SMILES string of the molecule is C.[2H]P.[2H]P.[2H]PC.[2H]PP.[2H]PP.[2H]P[2H].[2H]P[B]. The fraction of sp³-hybridized carbons (Fsp3) is 1.00. The molecule has 8 unspecified atom stereocenters. The van der Waals surface area contributed by atoms with Crippen LogP contribution in [0.2, 0.25) is 0 Å². The van der Waals surface area contributed by atoms with Crippen LogP contribution in [0.15, 0.2) is 0 Å². The molecule has 84 valence electrons. The van der Waals surface area contributed by atoms with Crippen LogP contribution in [-0.4, -0.2) is 24.5 Å². The maximum atomic E-state index is 6.24. The first-order valence-electron chi connectivity index (χ1n) is 5.52. The molecule has 0 nitrogen and oxygen atoms in total. The third-order valence-corrected chi connectivity index (χ3v) is 0. The molecule has 0 saturated heterocycles. The highest BCUT2D eigenvalue weighted by molar-refractivity contribution is 7.92. The van der Waals surface area contributed by atoms with E-state index in [1.165, 1.54) is 0 Å². The third kappa shape index (κ3) is 151. The first-order chi connectivity index (χ1) is 9.07. The van der Waals surface area contributed by atoms with Gasteiger partial charge in [0, 0.05) is 1.28 Å². The van der Waals surface area contributed by atoms with Gasteiger partial charge in [0.2, 0.25) is 0 Å². The summed E-state index contributed by atoms with van der Waals surface area (Å²) in [5.41, 5.74) is 0. The van der Waals surface area contributed by atoms with E-state index < -0.39 is 9.79 Å². The average molecular weight is 350 g/mol. The molecule has 0 aliphatic carbocycles. The van der Waals surface area contributed by atoms with E-state index in [0.717, 1.165) is 0 Å². The van der Waals surface area contributed by atoms with Gasteiger partial charge >= 0.3 is 0 Å². The molecular formula is C2H28BP9. The lowest BCUT2D eigenvalue weighted by Crippen LogP contribution is -0.937. The predicted molar refractivity (Wildman–Crippen MR) is 110 cm³/mol. The van der Waals surface area contributed by atoms with Crippen molar-refractivity contribution in [3.8, 4) is 0 Å². The largest absolute Gasteiger partial charge is 0.187 e. The zero-order valence-electron chi connectivity index (χ0n) is 14.4. The quantitative estimate of drug-likeness (QED) is 0.466. The van der Waals surface area contributed by atoms with Crippen LogP contribution in [0.4, 0.5) is 0 Å². The zero-order chi connectivity index (χ0) is 17.5. The molecule has 0 aliphatic rings. The highest BCUT2D eigenvalue weighted by atomic mass is 32.0. The van der Waals surface area contributed by atoms with Crippen molar-refractivity contribution in [3.05, 3.63) is 0 Å². The van der Waals surface area contributed by atoms with E-state index in [9.17, 15) is 0 Å². The molecule has 10 heteroatoms. The minimum absolute atomic E-state index is 0. The molecule has 0 aromatic carbocycles. The van der Waals surface area contributed by atoms with Crippen LogP contribution in [0.3, 0.4) is 0 Å². The molecule has 0 N–H and O–H groups in total. The summed E-state index contributed by atoms with van der Waals surface area (Å²) in [4.78, 5) is 0. The van der Waals surface area contributed by atoms with Crippen molar-refractivity contribution >= 4 is 90.9 Å². The Morgan fingerprint density at radius 3 is 1.33 bits per heavy atom. The molecule has 0 fully saturated rings. The van der Waals surface area contributed by atoms with Gasteiger partial charge in [-0.2, -0.15) is 38.5 Å². The maximum absolute atomic E-state index is 6.24. The second-order valence-corrected chi connectivity index (χ2v) is 0. The van der Waals surface area contributed by atoms with E-state index in [2.05, 4.69) is 25.4 Å². The molecule has 0 spiro atoms. The third-order valence-electron chi connectivity index (χ3n) is 0. The summed E-state index contributed by atoms with van der Waals surface area (Å²) in [7, 11) is 12.7. The van der Waals surface area contributed by atoms with Crippen molar-refractivity contribution in [3.63, 3.8) is 0 Å². The Balaban J connectivity index is -0.0000000140. The zero-order valence-corrected chi connectivity index (χ0v) is 16.0. The summed E-state index contributed by atoms with van der Waals surface area (Å²) in [5, 5.41) is 0. The standard InChI is InChI=1S/CH5P.CH4.BH2P.2H4P2.3H3P/c1-2;;3*1-2;;;/h2H2,1H3;1H4;2H2;2*1-2H2;3*1H3/i2D;;2D;2*1D;1D2;2*1D. The summed E-state index contributed by atoms with van der Waals surface area (Å²) < 4.78 is 47.8. The molecule has 0 aromatic rings. The van der Waals surface area contributed by atoms with Gasteiger partial charge in [-0.3, -0.25) is 0 Å². The van der Waals surface area contributed by atoms with Gasteiger partial charge in [-0.25, -0.2) is 0 Å². The lowest BCUT2D eigenvalue weighted by atomic mass is 10.8. The van der Waals surface area contributed by atoms with Gasteiger partial charge in [-0.15, -0.1) is 44.8 Å². The summed E-state index contributed by atoms with van der Waals surface area (Å²) in [5.74, 6) is 0.